The molecule has 4 nitrogen and oxygen atoms in total. The molecule has 0 fully saturated rings. The van der Waals surface area contributed by atoms with Crippen molar-refractivity contribution < 1.29 is 0 Å². The van der Waals surface area contributed by atoms with E-state index in [2.05, 4.69) is 35.3 Å². The number of nitrogens with zero attached hydrogens (tertiary/aromatic N) is 2. The van der Waals surface area contributed by atoms with E-state index in [9.17, 15) is 0 Å². The minimum Gasteiger partial charge on any atom is -0.308 e. The number of rotatable bonds is 2. The summed E-state index contributed by atoms with van der Waals surface area (Å²) in [7, 11) is 0. The van der Waals surface area contributed by atoms with Gasteiger partial charge in [-0.15, -0.1) is 0 Å². The molecule has 0 saturated carbocycles. The van der Waals surface area contributed by atoms with Gasteiger partial charge in [0, 0.05) is 16.8 Å². The van der Waals surface area contributed by atoms with E-state index in [0.717, 1.165) is 16.8 Å². The predicted molar refractivity (Wildman–Crippen MR) is 74.2 cm³/mol. The molecule has 1 aromatic carbocycles. The highest BCUT2D eigenvalue weighted by Crippen LogP contribution is 2.25. The van der Waals surface area contributed by atoms with Gasteiger partial charge in [-0.2, -0.15) is 0 Å². The van der Waals surface area contributed by atoms with Crippen LogP contribution in [-0.2, 0) is 0 Å². The Morgan fingerprint density at radius 2 is 1.72 bits per heavy atom. The lowest BCUT2D eigenvalue weighted by Crippen LogP contribution is -2.12. The largest absolute Gasteiger partial charge is 0.308 e. The maximum absolute atomic E-state index is 5.49. The number of hydrogen-bond acceptors (Lipinski definition) is 4. The summed E-state index contributed by atoms with van der Waals surface area (Å²) in [6.07, 6.45) is 0. The molecule has 0 bridgehead atoms. The summed E-state index contributed by atoms with van der Waals surface area (Å²) in [5.74, 6) is 6.89. The van der Waals surface area contributed by atoms with Gasteiger partial charge in [-0.05, 0) is 38.8 Å². The third-order valence-electron chi connectivity index (χ3n) is 3.37. The van der Waals surface area contributed by atoms with Crippen LogP contribution in [0.1, 0.15) is 22.4 Å². The average Bonchev–Trinajstić information content (AvgIpc) is 2.36. The van der Waals surface area contributed by atoms with E-state index >= 15 is 0 Å². The highest BCUT2D eigenvalue weighted by atomic mass is 15.3. The van der Waals surface area contributed by atoms with Crippen LogP contribution in [0.3, 0.4) is 0 Å². The first-order chi connectivity index (χ1) is 8.54. The monoisotopic (exact) mass is 242 g/mol. The van der Waals surface area contributed by atoms with Crippen LogP contribution >= 0.6 is 0 Å². The van der Waals surface area contributed by atoms with Gasteiger partial charge in [-0.1, -0.05) is 18.2 Å². The second-order valence-corrected chi connectivity index (χ2v) is 4.50. The van der Waals surface area contributed by atoms with Crippen molar-refractivity contribution in [3.8, 4) is 11.4 Å². The molecule has 1 heterocycles. The maximum Gasteiger partial charge on any atom is 0.162 e. The summed E-state index contributed by atoms with van der Waals surface area (Å²) in [5.41, 5.74) is 8.03. The molecule has 2 aromatic rings. The van der Waals surface area contributed by atoms with Gasteiger partial charge in [0.15, 0.2) is 5.82 Å². The minimum absolute atomic E-state index is 0.679. The lowest BCUT2D eigenvalue weighted by atomic mass is 10.0. The Morgan fingerprint density at radius 1 is 1.00 bits per heavy atom. The van der Waals surface area contributed by atoms with Crippen LogP contribution in [0, 0.1) is 27.7 Å². The fourth-order valence-electron chi connectivity index (χ4n) is 1.88. The highest BCUT2D eigenvalue weighted by molar-refractivity contribution is 5.64. The first-order valence-electron chi connectivity index (χ1n) is 5.93. The summed E-state index contributed by atoms with van der Waals surface area (Å²) < 4.78 is 0. The first-order valence-corrected chi connectivity index (χ1v) is 5.93. The molecule has 94 valence electrons. The van der Waals surface area contributed by atoms with Crippen molar-refractivity contribution >= 4 is 5.82 Å². The number of aromatic nitrogens is 2. The average molecular weight is 242 g/mol. The molecule has 0 aliphatic heterocycles. The number of nitrogen functional groups attached to an aromatic ring is 1. The maximum atomic E-state index is 5.49. The fraction of sp³-hybridized carbons (Fsp3) is 0.286. The smallest absolute Gasteiger partial charge is 0.162 e. The fourth-order valence-corrected chi connectivity index (χ4v) is 1.88. The molecule has 0 atom stereocenters. The summed E-state index contributed by atoms with van der Waals surface area (Å²) >= 11 is 0. The van der Waals surface area contributed by atoms with Crippen LogP contribution in [0.5, 0.6) is 0 Å². The molecular weight excluding hydrogens is 224 g/mol. The Bertz CT molecular complexity index is 591. The standard InChI is InChI=1S/C14H18N4/c1-8-6-5-7-12(9(8)2)14-16-11(4)10(3)13(17-14)18-15/h5-7H,15H2,1-4H3,(H,16,17,18). The number of nitrogens with two attached hydrogens (primary N) is 1. The summed E-state index contributed by atoms with van der Waals surface area (Å²) in [6.45, 7) is 8.09. The number of hydrogen-bond donors (Lipinski definition) is 2. The molecule has 2 rings (SSSR count). The number of anilines is 1. The second-order valence-electron chi connectivity index (χ2n) is 4.50. The van der Waals surface area contributed by atoms with E-state index in [0.29, 0.717) is 11.6 Å². The van der Waals surface area contributed by atoms with Gasteiger partial charge in [0.1, 0.15) is 5.82 Å². The van der Waals surface area contributed by atoms with E-state index in [4.69, 9.17) is 5.84 Å². The quantitative estimate of drug-likeness (QED) is 0.627. The molecule has 0 unspecified atom stereocenters. The molecule has 3 N–H and O–H groups in total. The van der Waals surface area contributed by atoms with Gasteiger partial charge in [0.05, 0.1) is 0 Å². The Morgan fingerprint density at radius 3 is 2.39 bits per heavy atom. The van der Waals surface area contributed by atoms with Crippen LogP contribution in [0.4, 0.5) is 5.82 Å². The lowest BCUT2D eigenvalue weighted by Gasteiger charge is -2.12. The van der Waals surface area contributed by atoms with E-state index in [-0.39, 0.29) is 0 Å². The van der Waals surface area contributed by atoms with Gasteiger partial charge in [0.2, 0.25) is 0 Å². The molecule has 0 aliphatic rings. The van der Waals surface area contributed by atoms with Crippen molar-refractivity contribution in [3.05, 3.63) is 40.6 Å². The van der Waals surface area contributed by atoms with Crippen molar-refractivity contribution in [1.82, 2.24) is 9.97 Å². The highest BCUT2D eigenvalue weighted by Gasteiger charge is 2.11. The van der Waals surface area contributed by atoms with Crippen molar-refractivity contribution in [1.29, 1.82) is 0 Å². The number of nitrogens with one attached hydrogen (secondary N) is 1. The zero-order chi connectivity index (χ0) is 13.3. The normalized spacial score (nSPS) is 10.5. The van der Waals surface area contributed by atoms with Crippen LogP contribution < -0.4 is 11.3 Å². The van der Waals surface area contributed by atoms with Gasteiger partial charge in [-0.3, -0.25) is 0 Å². The Labute approximate surface area is 107 Å². The van der Waals surface area contributed by atoms with Gasteiger partial charge < -0.3 is 5.43 Å². The molecule has 0 spiro atoms. The van der Waals surface area contributed by atoms with E-state index < -0.39 is 0 Å². The van der Waals surface area contributed by atoms with Crippen LogP contribution in [0.2, 0.25) is 0 Å². The molecule has 1 aromatic heterocycles. The third-order valence-corrected chi connectivity index (χ3v) is 3.37. The van der Waals surface area contributed by atoms with Crippen molar-refractivity contribution in [2.45, 2.75) is 27.7 Å². The van der Waals surface area contributed by atoms with E-state index in [1.165, 1.54) is 11.1 Å². The van der Waals surface area contributed by atoms with Crippen LogP contribution in [0.25, 0.3) is 11.4 Å². The van der Waals surface area contributed by atoms with Gasteiger partial charge >= 0.3 is 0 Å². The van der Waals surface area contributed by atoms with Gasteiger partial charge in [-0.25, -0.2) is 15.8 Å². The zero-order valence-electron chi connectivity index (χ0n) is 11.2. The van der Waals surface area contributed by atoms with Crippen LogP contribution in [-0.4, -0.2) is 9.97 Å². The summed E-state index contributed by atoms with van der Waals surface area (Å²) in [5, 5.41) is 0. The molecule has 0 radical (unpaired) electrons. The minimum atomic E-state index is 0.679. The molecule has 4 heteroatoms. The molecule has 0 aliphatic carbocycles. The first kappa shape index (κ1) is 12.5. The number of aryl methyl sites for hydroxylation is 2. The molecular formula is C14H18N4. The predicted octanol–water partition coefficient (Wildman–Crippen LogP) is 2.66. The Hall–Kier alpha value is -1.94. The Kier molecular flexibility index (Phi) is 3.30. The van der Waals surface area contributed by atoms with Crippen molar-refractivity contribution in [3.63, 3.8) is 0 Å². The lowest BCUT2D eigenvalue weighted by molar-refractivity contribution is 1.05. The van der Waals surface area contributed by atoms with E-state index in [1.807, 2.05) is 26.0 Å². The van der Waals surface area contributed by atoms with Crippen molar-refractivity contribution in [2.75, 3.05) is 5.43 Å². The zero-order valence-corrected chi connectivity index (χ0v) is 11.2. The van der Waals surface area contributed by atoms with Gasteiger partial charge in [0.25, 0.3) is 0 Å². The van der Waals surface area contributed by atoms with Crippen LogP contribution in [0.15, 0.2) is 18.2 Å². The Balaban J connectivity index is 2.64. The number of hydrazine groups is 1. The summed E-state index contributed by atoms with van der Waals surface area (Å²) in [6, 6.07) is 6.14. The number of benzene rings is 1. The topological polar surface area (TPSA) is 63.8 Å². The third kappa shape index (κ3) is 2.07. The van der Waals surface area contributed by atoms with Crippen molar-refractivity contribution in [2.24, 2.45) is 5.84 Å². The summed E-state index contributed by atoms with van der Waals surface area (Å²) in [4.78, 5) is 9.02. The van der Waals surface area contributed by atoms with E-state index in [1.54, 1.807) is 0 Å². The SMILES string of the molecule is Cc1cccc(-c2nc(C)c(C)c(NN)n2)c1C. The second kappa shape index (κ2) is 4.74. The molecule has 0 saturated heterocycles. The molecule has 18 heavy (non-hydrogen) atoms. The molecule has 0 amide bonds.